The molecule has 0 bridgehead atoms. The van der Waals surface area contributed by atoms with Gasteiger partial charge in [-0.2, -0.15) is 17.9 Å². The van der Waals surface area contributed by atoms with Crippen LogP contribution >= 0.6 is 23.2 Å². The Hall–Kier alpha value is -2.87. The Morgan fingerprint density at radius 1 is 0.971 bits per heavy atom. The van der Waals surface area contributed by atoms with Gasteiger partial charge in [-0.05, 0) is 67.4 Å². The van der Waals surface area contributed by atoms with Crippen LogP contribution in [0.25, 0.3) is 33.3 Å². The van der Waals surface area contributed by atoms with Crippen LogP contribution in [-0.4, -0.2) is 18.1 Å². The summed E-state index contributed by atoms with van der Waals surface area (Å²) >= 11 is 12.9. The van der Waals surface area contributed by atoms with E-state index < -0.39 is 11.7 Å². The van der Waals surface area contributed by atoms with Gasteiger partial charge in [-0.1, -0.05) is 41.4 Å². The van der Waals surface area contributed by atoms with Crippen LogP contribution in [0.5, 0.6) is 0 Å². The minimum absolute atomic E-state index is 0.0973. The number of alkyl halides is 3. The van der Waals surface area contributed by atoms with Crippen LogP contribution < -0.4 is 10.0 Å². The van der Waals surface area contributed by atoms with Gasteiger partial charge in [0.2, 0.25) is 0 Å². The molecule has 5 rings (SSSR count). The minimum atomic E-state index is -4.48. The SMILES string of the molecule is [O-][n+]1ccc2c(-c3cccc(C(F)(F)F)c3)cc(C3CCNCC3)nc2c1-c1c(Cl)cccc1Cl. The van der Waals surface area contributed by atoms with Gasteiger partial charge < -0.3 is 10.5 Å². The predicted octanol–water partition coefficient (Wildman–Crippen LogP) is 6.99. The second kappa shape index (κ2) is 9.30. The number of aromatic nitrogens is 2. The van der Waals surface area contributed by atoms with Gasteiger partial charge in [0.05, 0.1) is 21.2 Å². The molecular weight excluding hydrogens is 498 g/mol. The van der Waals surface area contributed by atoms with E-state index in [-0.39, 0.29) is 21.7 Å². The molecule has 4 nitrogen and oxygen atoms in total. The number of nitrogens with zero attached hydrogens (tertiary/aromatic N) is 2. The Balaban J connectivity index is 1.84. The Morgan fingerprint density at radius 2 is 1.66 bits per heavy atom. The molecule has 1 fully saturated rings. The molecule has 0 unspecified atom stereocenters. The van der Waals surface area contributed by atoms with Crippen LogP contribution in [0.2, 0.25) is 10.0 Å². The Bertz CT molecular complexity index is 1400. The second-order valence-electron chi connectivity index (χ2n) is 8.55. The van der Waals surface area contributed by atoms with Crippen molar-refractivity contribution in [2.75, 3.05) is 13.1 Å². The van der Waals surface area contributed by atoms with Crippen LogP contribution in [0.3, 0.4) is 0 Å². The monoisotopic (exact) mass is 517 g/mol. The van der Waals surface area contributed by atoms with Gasteiger partial charge >= 0.3 is 6.18 Å². The molecule has 0 atom stereocenters. The number of hydrogen-bond acceptors (Lipinski definition) is 3. The number of pyridine rings is 2. The molecule has 1 saturated heterocycles. The minimum Gasteiger partial charge on any atom is -0.618 e. The molecule has 4 aromatic rings. The van der Waals surface area contributed by atoms with Crippen molar-refractivity contribution in [1.29, 1.82) is 0 Å². The fraction of sp³-hybridized carbons (Fsp3) is 0.231. The number of piperidine rings is 1. The zero-order valence-corrected chi connectivity index (χ0v) is 19.9. The summed E-state index contributed by atoms with van der Waals surface area (Å²) in [6.45, 7) is 1.62. The van der Waals surface area contributed by atoms with E-state index in [1.807, 2.05) is 6.07 Å². The van der Waals surface area contributed by atoms with Crippen molar-refractivity contribution in [1.82, 2.24) is 10.3 Å². The highest BCUT2D eigenvalue weighted by Crippen LogP contribution is 2.41. The van der Waals surface area contributed by atoms with E-state index in [2.05, 4.69) is 5.32 Å². The van der Waals surface area contributed by atoms with E-state index in [1.54, 1.807) is 30.3 Å². The third kappa shape index (κ3) is 4.56. The van der Waals surface area contributed by atoms with Crippen molar-refractivity contribution in [3.05, 3.63) is 87.3 Å². The molecule has 0 radical (unpaired) electrons. The van der Waals surface area contributed by atoms with Crippen LogP contribution in [0, 0.1) is 5.21 Å². The molecule has 9 heteroatoms. The number of fused-ring (bicyclic) bond motifs is 1. The van der Waals surface area contributed by atoms with Crippen LogP contribution in [0.4, 0.5) is 13.2 Å². The van der Waals surface area contributed by atoms with Gasteiger partial charge in [-0.25, -0.2) is 4.98 Å². The summed E-state index contributed by atoms with van der Waals surface area (Å²) in [5, 5.41) is 17.5. The standard InChI is InChI=1S/C26H20Cl2F3N3O/c27-20-5-2-6-21(28)23(20)25-24-18(9-12-34(25)35)19(14-22(33-24)15-7-10-32-11-8-15)16-3-1-4-17(13-16)26(29,30)31/h1-6,9,12-15,32H,7-8,10-11H2. The van der Waals surface area contributed by atoms with Crippen molar-refractivity contribution >= 4 is 34.1 Å². The molecule has 2 aromatic heterocycles. The Labute approximate surface area is 209 Å². The number of nitrogens with one attached hydrogen (secondary N) is 1. The van der Waals surface area contributed by atoms with Gasteiger partial charge in [0, 0.05) is 23.1 Å². The fourth-order valence-electron chi connectivity index (χ4n) is 4.63. The van der Waals surface area contributed by atoms with E-state index in [9.17, 15) is 18.4 Å². The van der Waals surface area contributed by atoms with Gasteiger partial charge in [0.15, 0.2) is 6.20 Å². The number of hydrogen-bond donors (Lipinski definition) is 1. The van der Waals surface area contributed by atoms with Gasteiger partial charge in [0.25, 0.3) is 5.69 Å². The molecule has 0 saturated carbocycles. The maximum absolute atomic E-state index is 13.5. The molecule has 0 spiro atoms. The first-order chi connectivity index (χ1) is 16.7. The summed E-state index contributed by atoms with van der Waals surface area (Å²) in [6, 6.07) is 13.6. The fourth-order valence-corrected chi connectivity index (χ4v) is 5.20. The first kappa shape index (κ1) is 23.9. The topological polar surface area (TPSA) is 51.9 Å². The maximum atomic E-state index is 13.5. The highest BCUT2D eigenvalue weighted by molar-refractivity contribution is 6.39. The van der Waals surface area contributed by atoms with E-state index in [4.69, 9.17) is 28.2 Å². The average molecular weight is 518 g/mol. The van der Waals surface area contributed by atoms with E-state index in [0.29, 0.717) is 32.3 Å². The summed E-state index contributed by atoms with van der Waals surface area (Å²) < 4.78 is 41.2. The lowest BCUT2D eigenvalue weighted by Gasteiger charge is -2.23. The second-order valence-corrected chi connectivity index (χ2v) is 9.36. The highest BCUT2D eigenvalue weighted by Gasteiger charge is 2.31. The molecule has 1 aliphatic rings. The number of halogens is 5. The molecule has 1 N–H and O–H groups in total. The first-order valence-corrected chi connectivity index (χ1v) is 11.9. The summed E-state index contributed by atoms with van der Waals surface area (Å²) in [7, 11) is 0. The van der Waals surface area contributed by atoms with Crippen LogP contribution in [-0.2, 0) is 6.18 Å². The molecule has 0 amide bonds. The highest BCUT2D eigenvalue weighted by atomic mass is 35.5. The molecule has 1 aliphatic heterocycles. The van der Waals surface area contributed by atoms with Crippen LogP contribution in [0.15, 0.2) is 60.8 Å². The summed E-state index contributed by atoms with van der Waals surface area (Å²) in [5.41, 5.74) is 1.79. The van der Waals surface area contributed by atoms with Gasteiger partial charge in [0.1, 0.15) is 5.52 Å². The summed E-state index contributed by atoms with van der Waals surface area (Å²) in [4.78, 5) is 4.89. The van der Waals surface area contributed by atoms with E-state index >= 15 is 0 Å². The predicted molar refractivity (Wildman–Crippen MR) is 131 cm³/mol. The molecule has 180 valence electrons. The van der Waals surface area contributed by atoms with E-state index in [1.165, 1.54) is 12.3 Å². The lowest BCUT2D eigenvalue weighted by atomic mass is 9.90. The average Bonchev–Trinajstić information content (AvgIpc) is 2.84. The number of benzene rings is 2. The Kier molecular flexibility index (Phi) is 6.34. The third-order valence-electron chi connectivity index (χ3n) is 6.36. The quantitative estimate of drug-likeness (QED) is 0.235. The van der Waals surface area contributed by atoms with Crippen molar-refractivity contribution in [3.8, 4) is 22.4 Å². The van der Waals surface area contributed by atoms with Crippen LogP contribution in [0.1, 0.15) is 30.0 Å². The van der Waals surface area contributed by atoms with Crippen molar-refractivity contribution in [2.24, 2.45) is 0 Å². The van der Waals surface area contributed by atoms with Crippen molar-refractivity contribution in [2.45, 2.75) is 24.9 Å². The third-order valence-corrected chi connectivity index (χ3v) is 6.99. The smallest absolute Gasteiger partial charge is 0.416 e. The number of rotatable bonds is 3. The summed E-state index contributed by atoms with van der Waals surface area (Å²) in [5.74, 6) is 0.0973. The van der Waals surface area contributed by atoms with Crippen molar-refractivity contribution in [3.63, 3.8) is 0 Å². The molecule has 3 heterocycles. The summed E-state index contributed by atoms with van der Waals surface area (Å²) in [6.07, 6.45) is -1.52. The lowest BCUT2D eigenvalue weighted by Crippen LogP contribution is -2.30. The van der Waals surface area contributed by atoms with E-state index in [0.717, 1.165) is 43.8 Å². The first-order valence-electron chi connectivity index (χ1n) is 11.1. The molecular formula is C26H20Cl2F3N3O. The molecule has 2 aromatic carbocycles. The molecule has 35 heavy (non-hydrogen) atoms. The maximum Gasteiger partial charge on any atom is 0.416 e. The van der Waals surface area contributed by atoms with Crippen molar-refractivity contribution < 1.29 is 17.9 Å². The zero-order valence-electron chi connectivity index (χ0n) is 18.4. The lowest BCUT2D eigenvalue weighted by molar-refractivity contribution is -0.592. The normalized spacial score (nSPS) is 15.0. The van der Waals surface area contributed by atoms with Gasteiger partial charge in [-0.15, -0.1) is 0 Å². The largest absolute Gasteiger partial charge is 0.618 e. The Morgan fingerprint density at radius 3 is 2.34 bits per heavy atom. The van der Waals surface area contributed by atoms with Gasteiger partial charge in [-0.3, -0.25) is 0 Å². The molecule has 0 aliphatic carbocycles. The zero-order chi connectivity index (χ0) is 24.7.